The molecule has 1 aliphatic rings. The molecule has 1 aliphatic heterocycles. The molecule has 0 saturated carbocycles. The number of aryl methyl sites for hydroxylation is 2. The largest absolute Gasteiger partial charge is 0.478 e. The molecule has 0 unspecified atom stereocenters. The third-order valence-corrected chi connectivity index (χ3v) is 6.45. The normalized spacial score (nSPS) is 14.7. The van der Waals surface area contributed by atoms with E-state index < -0.39 is 5.97 Å². The molecular formula is C25H26N6O2. The van der Waals surface area contributed by atoms with Crippen LogP contribution in [0.1, 0.15) is 47.3 Å². The second-order valence-corrected chi connectivity index (χ2v) is 8.54. The molecule has 33 heavy (non-hydrogen) atoms. The second-order valence-electron chi connectivity index (χ2n) is 8.54. The molecule has 0 bridgehead atoms. The maximum absolute atomic E-state index is 11.2. The lowest BCUT2D eigenvalue weighted by Crippen LogP contribution is -2.36. The number of hydrogen-bond donors (Lipinski definition) is 1. The highest BCUT2D eigenvalue weighted by Gasteiger charge is 2.24. The summed E-state index contributed by atoms with van der Waals surface area (Å²) < 4.78 is 2.04. The highest BCUT2D eigenvalue weighted by atomic mass is 16.4. The minimum Gasteiger partial charge on any atom is -0.478 e. The van der Waals surface area contributed by atoms with E-state index in [4.69, 9.17) is 0 Å². The third kappa shape index (κ3) is 4.04. The molecule has 8 heteroatoms. The first kappa shape index (κ1) is 21.1. The summed E-state index contributed by atoms with van der Waals surface area (Å²) in [7, 11) is 0. The average molecular weight is 443 g/mol. The van der Waals surface area contributed by atoms with Crippen LogP contribution in [-0.4, -0.2) is 49.1 Å². The summed E-state index contributed by atoms with van der Waals surface area (Å²) in [4.78, 5) is 22.5. The Morgan fingerprint density at radius 1 is 1.09 bits per heavy atom. The number of carboxylic acids is 1. The molecule has 2 aromatic carbocycles. The molecule has 5 rings (SSSR count). The van der Waals surface area contributed by atoms with Crippen molar-refractivity contribution in [2.45, 2.75) is 39.2 Å². The molecule has 2 aromatic heterocycles. The Hall–Kier alpha value is -3.81. The van der Waals surface area contributed by atoms with E-state index in [1.165, 1.54) is 0 Å². The molecule has 0 atom stereocenters. The lowest BCUT2D eigenvalue weighted by atomic mass is 9.98. The van der Waals surface area contributed by atoms with Gasteiger partial charge in [-0.1, -0.05) is 24.3 Å². The minimum atomic E-state index is -0.918. The van der Waals surface area contributed by atoms with Crippen LogP contribution >= 0.6 is 0 Å². The van der Waals surface area contributed by atoms with Gasteiger partial charge in [0.25, 0.3) is 0 Å². The van der Waals surface area contributed by atoms with Crippen molar-refractivity contribution in [3.63, 3.8) is 0 Å². The Kier molecular flexibility index (Phi) is 5.50. The molecule has 8 nitrogen and oxygen atoms in total. The number of anilines is 1. The number of piperidine rings is 1. The number of aromatic nitrogens is 5. The topological polar surface area (TPSA) is 97.0 Å². The van der Waals surface area contributed by atoms with Crippen molar-refractivity contribution < 1.29 is 9.90 Å². The SMILES string of the molecule is CCc1cnc(N2CCC(n3nnc4cc(-c5ccc(C(=O)O)cc5C)ccc43)CC2)nc1. The maximum atomic E-state index is 11.2. The van der Waals surface area contributed by atoms with Crippen molar-refractivity contribution in [3.05, 3.63) is 65.5 Å². The van der Waals surface area contributed by atoms with Crippen molar-refractivity contribution in [1.29, 1.82) is 0 Å². The first-order valence-electron chi connectivity index (χ1n) is 11.3. The van der Waals surface area contributed by atoms with Gasteiger partial charge in [-0.05, 0) is 72.7 Å². The van der Waals surface area contributed by atoms with Gasteiger partial charge in [0.05, 0.1) is 17.1 Å². The number of carbonyl (C=O) groups is 1. The first-order chi connectivity index (χ1) is 16.0. The van der Waals surface area contributed by atoms with E-state index in [0.717, 1.165) is 71.6 Å². The molecule has 1 N–H and O–H groups in total. The number of fused-ring (bicyclic) bond motifs is 1. The smallest absolute Gasteiger partial charge is 0.335 e. The molecule has 3 heterocycles. The molecule has 0 amide bonds. The summed E-state index contributed by atoms with van der Waals surface area (Å²) in [6, 6.07) is 11.6. The van der Waals surface area contributed by atoms with Crippen LogP contribution in [-0.2, 0) is 6.42 Å². The summed E-state index contributed by atoms with van der Waals surface area (Å²) in [6.45, 7) is 5.79. The van der Waals surface area contributed by atoms with Crippen LogP contribution in [0.5, 0.6) is 0 Å². The number of aromatic carboxylic acids is 1. The van der Waals surface area contributed by atoms with E-state index in [-0.39, 0.29) is 6.04 Å². The summed E-state index contributed by atoms with van der Waals surface area (Å²) in [6.07, 6.45) is 6.67. The van der Waals surface area contributed by atoms with E-state index in [1.54, 1.807) is 12.1 Å². The van der Waals surface area contributed by atoms with Crippen molar-refractivity contribution >= 4 is 23.0 Å². The predicted molar refractivity (Wildman–Crippen MR) is 127 cm³/mol. The van der Waals surface area contributed by atoms with E-state index in [1.807, 2.05) is 36.1 Å². The zero-order valence-electron chi connectivity index (χ0n) is 18.8. The van der Waals surface area contributed by atoms with Gasteiger partial charge in [0.2, 0.25) is 5.95 Å². The molecule has 0 aliphatic carbocycles. The maximum Gasteiger partial charge on any atom is 0.335 e. The quantitative estimate of drug-likeness (QED) is 0.492. The predicted octanol–water partition coefficient (Wildman–Crippen LogP) is 4.30. The first-order valence-corrected chi connectivity index (χ1v) is 11.3. The standard InChI is InChI=1S/C25H26N6O2/c1-3-17-14-26-25(27-15-17)30-10-8-20(9-11-30)31-23-7-5-18(13-22(23)28-29-31)21-6-4-19(24(32)33)12-16(21)2/h4-7,12-15,20H,3,8-11H2,1-2H3,(H,32,33). The Balaban J connectivity index is 1.34. The van der Waals surface area contributed by atoms with Gasteiger partial charge in [-0.15, -0.1) is 5.10 Å². The van der Waals surface area contributed by atoms with Gasteiger partial charge in [-0.25, -0.2) is 19.4 Å². The number of nitrogens with zero attached hydrogens (tertiary/aromatic N) is 6. The average Bonchev–Trinajstić information content (AvgIpc) is 3.27. The molecule has 4 aromatic rings. The third-order valence-electron chi connectivity index (χ3n) is 6.45. The fraction of sp³-hybridized carbons (Fsp3) is 0.320. The summed E-state index contributed by atoms with van der Waals surface area (Å²) >= 11 is 0. The van der Waals surface area contributed by atoms with Gasteiger partial charge in [-0.3, -0.25) is 0 Å². The van der Waals surface area contributed by atoms with Crippen LogP contribution in [0.15, 0.2) is 48.8 Å². The van der Waals surface area contributed by atoms with Gasteiger partial charge in [-0.2, -0.15) is 0 Å². The highest BCUT2D eigenvalue weighted by Crippen LogP contribution is 2.30. The van der Waals surface area contributed by atoms with Gasteiger partial charge < -0.3 is 10.0 Å². The fourth-order valence-corrected chi connectivity index (χ4v) is 4.50. The Morgan fingerprint density at radius 2 is 1.85 bits per heavy atom. The Bertz CT molecular complexity index is 1310. The van der Waals surface area contributed by atoms with Crippen LogP contribution < -0.4 is 4.90 Å². The second kappa shape index (κ2) is 8.61. The van der Waals surface area contributed by atoms with E-state index in [9.17, 15) is 9.90 Å². The van der Waals surface area contributed by atoms with Crippen LogP contribution in [0.4, 0.5) is 5.95 Å². The summed E-state index contributed by atoms with van der Waals surface area (Å²) in [5.41, 5.74) is 6.22. The van der Waals surface area contributed by atoms with Crippen molar-refractivity contribution in [1.82, 2.24) is 25.0 Å². The van der Waals surface area contributed by atoms with Gasteiger partial charge in [0.1, 0.15) is 5.52 Å². The lowest BCUT2D eigenvalue weighted by molar-refractivity contribution is 0.0697. The lowest BCUT2D eigenvalue weighted by Gasteiger charge is -2.32. The zero-order valence-corrected chi connectivity index (χ0v) is 18.8. The molecule has 0 radical (unpaired) electrons. The van der Waals surface area contributed by atoms with Crippen LogP contribution in [0.2, 0.25) is 0 Å². The monoisotopic (exact) mass is 442 g/mol. The van der Waals surface area contributed by atoms with E-state index >= 15 is 0 Å². The summed E-state index contributed by atoms with van der Waals surface area (Å²) in [5, 5.41) is 18.1. The molecule has 0 spiro atoms. The van der Waals surface area contributed by atoms with Crippen LogP contribution in [0.25, 0.3) is 22.2 Å². The molecule has 1 fully saturated rings. The summed E-state index contributed by atoms with van der Waals surface area (Å²) in [5.74, 6) is -0.123. The molecule has 168 valence electrons. The van der Waals surface area contributed by atoms with Crippen LogP contribution in [0, 0.1) is 6.92 Å². The van der Waals surface area contributed by atoms with Crippen LogP contribution in [0.3, 0.4) is 0 Å². The van der Waals surface area contributed by atoms with Crippen molar-refractivity contribution in [3.8, 4) is 11.1 Å². The van der Waals surface area contributed by atoms with Gasteiger partial charge in [0, 0.05) is 25.5 Å². The zero-order chi connectivity index (χ0) is 22.9. The highest BCUT2D eigenvalue weighted by molar-refractivity contribution is 5.89. The Morgan fingerprint density at radius 3 is 2.52 bits per heavy atom. The Labute approximate surface area is 191 Å². The fourth-order valence-electron chi connectivity index (χ4n) is 4.50. The van der Waals surface area contributed by atoms with Crippen molar-refractivity contribution in [2.75, 3.05) is 18.0 Å². The van der Waals surface area contributed by atoms with E-state index in [0.29, 0.717) is 5.56 Å². The van der Waals surface area contributed by atoms with Gasteiger partial charge >= 0.3 is 5.97 Å². The minimum absolute atomic E-state index is 0.281. The number of hydrogen-bond acceptors (Lipinski definition) is 6. The number of carboxylic acid groups (broad SMARTS) is 1. The van der Waals surface area contributed by atoms with Gasteiger partial charge in [0.15, 0.2) is 0 Å². The number of rotatable bonds is 5. The molecular weight excluding hydrogens is 416 g/mol. The van der Waals surface area contributed by atoms with E-state index in [2.05, 4.69) is 44.2 Å². The molecule has 1 saturated heterocycles. The number of benzene rings is 2. The van der Waals surface area contributed by atoms with Crippen molar-refractivity contribution in [2.24, 2.45) is 0 Å².